The van der Waals surface area contributed by atoms with Crippen LogP contribution in [-0.2, 0) is 0 Å². The van der Waals surface area contributed by atoms with Crippen molar-refractivity contribution in [3.63, 3.8) is 0 Å². The molecule has 2 heterocycles. The molecule has 5 N–H and O–H groups in total. The lowest BCUT2D eigenvalue weighted by Crippen LogP contribution is -2.27. The first-order valence-corrected chi connectivity index (χ1v) is 6.10. The minimum absolute atomic E-state index is 0.306. The summed E-state index contributed by atoms with van der Waals surface area (Å²) in [6.07, 6.45) is 4.47. The highest BCUT2D eigenvalue weighted by Crippen LogP contribution is 2.31. The molecule has 2 unspecified atom stereocenters. The molecule has 0 spiro atoms. The van der Waals surface area contributed by atoms with E-state index in [0.717, 1.165) is 30.6 Å². The van der Waals surface area contributed by atoms with Gasteiger partial charge in [-0.25, -0.2) is 9.97 Å². The summed E-state index contributed by atoms with van der Waals surface area (Å²) in [6.45, 7) is 0. The van der Waals surface area contributed by atoms with E-state index in [1.165, 1.54) is 6.42 Å². The van der Waals surface area contributed by atoms with Crippen LogP contribution in [0.1, 0.15) is 37.4 Å². The van der Waals surface area contributed by atoms with E-state index in [1.54, 1.807) is 6.07 Å². The van der Waals surface area contributed by atoms with Crippen molar-refractivity contribution in [3.05, 3.63) is 18.0 Å². The van der Waals surface area contributed by atoms with Crippen molar-refractivity contribution in [1.29, 1.82) is 0 Å². The molecule has 1 aliphatic carbocycles. The van der Waals surface area contributed by atoms with Crippen LogP contribution < -0.4 is 11.5 Å². The van der Waals surface area contributed by atoms with Gasteiger partial charge in [0.1, 0.15) is 11.6 Å². The highest BCUT2D eigenvalue weighted by molar-refractivity contribution is 5.72. The monoisotopic (exact) mass is 231 g/mol. The van der Waals surface area contributed by atoms with Crippen LogP contribution in [0.3, 0.4) is 0 Å². The van der Waals surface area contributed by atoms with Crippen LogP contribution in [0.25, 0.3) is 11.2 Å². The maximum absolute atomic E-state index is 6.00. The number of aromatic nitrogens is 3. The molecule has 0 aromatic carbocycles. The number of nitrogens with two attached hydrogens (primary N) is 2. The van der Waals surface area contributed by atoms with Crippen LogP contribution in [-0.4, -0.2) is 21.0 Å². The molecule has 1 saturated carbocycles. The van der Waals surface area contributed by atoms with Gasteiger partial charge in [-0.1, -0.05) is 6.42 Å². The van der Waals surface area contributed by atoms with E-state index in [4.69, 9.17) is 11.5 Å². The largest absolute Gasteiger partial charge is 0.384 e. The summed E-state index contributed by atoms with van der Waals surface area (Å²) >= 11 is 0. The fourth-order valence-electron chi connectivity index (χ4n) is 2.60. The van der Waals surface area contributed by atoms with E-state index >= 15 is 0 Å². The van der Waals surface area contributed by atoms with Crippen molar-refractivity contribution < 1.29 is 0 Å². The molecule has 5 nitrogen and oxygen atoms in total. The molecule has 5 heteroatoms. The number of nitrogen functional groups attached to an aromatic ring is 1. The first kappa shape index (κ1) is 10.5. The normalized spacial score (nSPS) is 25.2. The molecule has 2 aromatic heterocycles. The van der Waals surface area contributed by atoms with Gasteiger partial charge in [0.25, 0.3) is 0 Å². The summed E-state index contributed by atoms with van der Waals surface area (Å²) in [6, 6.07) is 4.02. The number of H-pyrrole nitrogens is 1. The molecule has 90 valence electrons. The molecule has 2 aromatic rings. The van der Waals surface area contributed by atoms with Gasteiger partial charge in [0.2, 0.25) is 0 Å². The Bertz CT molecular complexity index is 533. The van der Waals surface area contributed by atoms with Gasteiger partial charge in [0, 0.05) is 12.0 Å². The van der Waals surface area contributed by atoms with Crippen molar-refractivity contribution in [2.75, 3.05) is 5.73 Å². The first-order chi connectivity index (χ1) is 8.22. The average Bonchev–Trinajstić information content (AvgIpc) is 2.72. The topological polar surface area (TPSA) is 93.6 Å². The van der Waals surface area contributed by atoms with Crippen LogP contribution >= 0.6 is 0 Å². The van der Waals surface area contributed by atoms with Crippen LogP contribution in [0, 0.1) is 0 Å². The van der Waals surface area contributed by atoms with E-state index < -0.39 is 0 Å². The van der Waals surface area contributed by atoms with Gasteiger partial charge >= 0.3 is 0 Å². The number of nitrogens with zero attached hydrogens (tertiary/aromatic N) is 2. The number of anilines is 1. The summed E-state index contributed by atoms with van der Waals surface area (Å²) in [5.41, 5.74) is 13.3. The van der Waals surface area contributed by atoms with Crippen molar-refractivity contribution in [2.45, 2.75) is 37.6 Å². The van der Waals surface area contributed by atoms with E-state index in [1.807, 2.05) is 6.07 Å². The number of imidazole rings is 1. The molecular formula is C12H17N5. The standard InChI is InChI=1S/C12H17N5/c13-8-3-1-2-7(6-8)11-15-9-4-5-10(14)16-12(9)17-11/h4-5,7-8H,1-3,6,13H2,(H3,14,15,16,17). The molecule has 0 bridgehead atoms. The number of nitrogens with one attached hydrogen (secondary N) is 1. The van der Waals surface area contributed by atoms with Crippen molar-refractivity contribution >= 4 is 17.0 Å². The van der Waals surface area contributed by atoms with Gasteiger partial charge in [-0.05, 0) is 31.4 Å². The number of rotatable bonds is 1. The maximum atomic E-state index is 6.00. The lowest BCUT2D eigenvalue weighted by molar-refractivity contribution is 0.384. The fourth-order valence-corrected chi connectivity index (χ4v) is 2.60. The first-order valence-electron chi connectivity index (χ1n) is 6.10. The molecule has 17 heavy (non-hydrogen) atoms. The predicted octanol–water partition coefficient (Wildman–Crippen LogP) is 1.52. The molecule has 2 atom stereocenters. The summed E-state index contributed by atoms with van der Waals surface area (Å²) in [7, 11) is 0. The van der Waals surface area contributed by atoms with Crippen molar-refractivity contribution in [3.8, 4) is 0 Å². The Hall–Kier alpha value is -1.62. The second-order valence-electron chi connectivity index (χ2n) is 4.85. The van der Waals surface area contributed by atoms with Gasteiger partial charge in [-0.2, -0.15) is 0 Å². The fraction of sp³-hybridized carbons (Fsp3) is 0.500. The Kier molecular flexibility index (Phi) is 2.48. The Balaban J connectivity index is 1.94. The molecule has 0 aliphatic heterocycles. The lowest BCUT2D eigenvalue weighted by atomic mass is 9.86. The lowest BCUT2D eigenvalue weighted by Gasteiger charge is -2.24. The summed E-state index contributed by atoms with van der Waals surface area (Å²) in [4.78, 5) is 12.1. The third-order valence-electron chi connectivity index (χ3n) is 3.49. The molecule has 0 saturated heterocycles. The van der Waals surface area contributed by atoms with Gasteiger partial charge in [-0.3, -0.25) is 0 Å². The molecule has 3 rings (SSSR count). The zero-order chi connectivity index (χ0) is 11.8. The highest BCUT2D eigenvalue weighted by atomic mass is 15.0. The minimum atomic E-state index is 0.306. The minimum Gasteiger partial charge on any atom is -0.384 e. The van der Waals surface area contributed by atoms with Gasteiger partial charge in [-0.15, -0.1) is 0 Å². The molecule has 1 aliphatic rings. The predicted molar refractivity (Wildman–Crippen MR) is 67.5 cm³/mol. The maximum Gasteiger partial charge on any atom is 0.179 e. The van der Waals surface area contributed by atoms with Crippen LogP contribution in [0.15, 0.2) is 12.1 Å². The van der Waals surface area contributed by atoms with Crippen LogP contribution in [0.5, 0.6) is 0 Å². The molecule has 0 radical (unpaired) electrons. The molecule has 1 fully saturated rings. The van der Waals surface area contributed by atoms with Crippen LogP contribution in [0.2, 0.25) is 0 Å². The van der Waals surface area contributed by atoms with Crippen LogP contribution in [0.4, 0.5) is 5.82 Å². The third kappa shape index (κ3) is 1.98. The van der Waals surface area contributed by atoms with Gasteiger partial charge in [0.05, 0.1) is 5.52 Å². The second-order valence-corrected chi connectivity index (χ2v) is 4.85. The van der Waals surface area contributed by atoms with E-state index in [2.05, 4.69) is 15.0 Å². The molecule has 0 amide bonds. The summed E-state index contributed by atoms with van der Waals surface area (Å²) in [5, 5.41) is 0. The number of pyridine rings is 1. The second kappa shape index (κ2) is 4.00. The average molecular weight is 231 g/mol. The SMILES string of the molecule is Nc1ccc2[nH]c(C3CCCC(N)C3)nc2n1. The summed E-state index contributed by atoms with van der Waals surface area (Å²) < 4.78 is 0. The number of hydrogen-bond donors (Lipinski definition) is 3. The Morgan fingerprint density at radius 2 is 2.12 bits per heavy atom. The highest BCUT2D eigenvalue weighted by Gasteiger charge is 2.23. The van der Waals surface area contributed by atoms with Crippen molar-refractivity contribution in [1.82, 2.24) is 15.0 Å². The number of aromatic amines is 1. The van der Waals surface area contributed by atoms with Gasteiger partial charge < -0.3 is 16.5 Å². The van der Waals surface area contributed by atoms with Gasteiger partial charge in [0.15, 0.2) is 5.65 Å². The molecular weight excluding hydrogens is 214 g/mol. The summed E-state index contributed by atoms with van der Waals surface area (Å²) in [5.74, 6) is 1.96. The zero-order valence-corrected chi connectivity index (χ0v) is 9.69. The van der Waals surface area contributed by atoms with E-state index in [-0.39, 0.29) is 0 Å². The Labute approximate surface area is 99.6 Å². The quantitative estimate of drug-likeness (QED) is 0.693. The smallest absolute Gasteiger partial charge is 0.179 e. The number of hydrogen-bond acceptors (Lipinski definition) is 4. The van der Waals surface area contributed by atoms with E-state index in [0.29, 0.717) is 23.4 Å². The zero-order valence-electron chi connectivity index (χ0n) is 9.69. The Morgan fingerprint density at radius 3 is 2.94 bits per heavy atom. The number of fused-ring (bicyclic) bond motifs is 1. The Morgan fingerprint density at radius 1 is 1.24 bits per heavy atom. The van der Waals surface area contributed by atoms with E-state index in [9.17, 15) is 0 Å². The third-order valence-corrected chi connectivity index (χ3v) is 3.49. The van der Waals surface area contributed by atoms with Crippen molar-refractivity contribution in [2.24, 2.45) is 5.73 Å².